The second kappa shape index (κ2) is 8.83. The molecule has 0 saturated heterocycles. The summed E-state index contributed by atoms with van der Waals surface area (Å²) < 4.78 is 17.5. The lowest BCUT2D eigenvalue weighted by Crippen LogP contribution is -2.53. The number of rotatable bonds is 5. The fourth-order valence-corrected chi connectivity index (χ4v) is 4.95. The zero-order valence-electron chi connectivity index (χ0n) is 19.0. The van der Waals surface area contributed by atoms with Crippen LogP contribution in [0.15, 0.2) is 34.0 Å². The molecule has 0 spiro atoms. The van der Waals surface area contributed by atoms with Crippen molar-refractivity contribution in [3.05, 3.63) is 46.4 Å². The molecule has 5 nitrogen and oxygen atoms in total. The van der Waals surface area contributed by atoms with Gasteiger partial charge in [-0.3, -0.25) is 0 Å². The Morgan fingerprint density at radius 2 is 1.83 bits per heavy atom. The van der Waals surface area contributed by atoms with Gasteiger partial charge in [-0.2, -0.15) is 0 Å². The summed E-state index contributed by atoms with van der Waals surface area (Å²) in [5.74, 6) is 0.812. The van der Waals surface area contributed by atoms with Gasteiger partial charge in [-0.15, -0.1) is 0 Å². The zero-order chi connectivity index (χ0) is 22.1. The highest BCUT2D eigenvalue weighted by Crippen LogP contribution is 2.53. The van der Waals surface area contributed by atoms with Crippen molar-refractivity contribution in [2.45, 2.75) is 73.3 Å². The molecule has 0 N–H and O–H groups in total. The third-order valence-electron chi connectivity index (χ3n) is 7.37. The van der Waals surface area contributed by atoms with Crippen LogP contribution in [0.3, 0.4) is 0 Å². The van der Waals surface area contributed by atoms with Gasteiger partial charge in [0.15, 0.2) is 0 Å². The number of carbonyl (C=O) groups excluding carboxylic acids is 2. The Balaban J connectivity index is 1.90. The lowest BCUT2D eigenvalue weighted by molar-refractivity contribution is -0.166. The maximum atomic E-state index is 12.5. The molecule has 0 bridgehead atoms. The topological polar surface area (TPSA) is 65.7 Å². The van der Waals surface area contributed by atoms with Gasteiger partial charge >= 0.3 is 11.9 Å². The minimum Gasteiger partial charge on any atom is -0.469 e. The van der Waals surface area contributed by atoms with E-state index in [0.717, 1.165) is 37.0 Å². The van der Waals surface area contributed by atoms with E-state index in [0.29, 0.717) is 17.1 Å². The van der Waals surface area contributed by atoms with E-state index in [1.165, 1.54) is 5.56 Å². The predicted octanol–water partition coefficient (Wildman–Crippen LogP) is 5.11. The van der Waals surface area contributed by atoms with Crippen molar-refractivity contribution < 1.29 is 23.5 Å². The fourth-order valence-electron chi connectivity index (χ4n) is 4.95. The highest BCUT2D eigenvalue weighted by Gasteiger charge is 2.53. The number of ether oxygens (including phenoxy) is 2. The molecule has 0 radical (unpaired) electrons. The van der Waals surface area contributed by atoms with Crippen molar-refractivity contribution in [1.29, 1.82) is 0 Å². The number of hydrogen-bond acceptors (Lipinski definition) is 5. The maximum absolute atomic E-state index is 12.5. The van der Waals surface area contributed by atoms with Gasteiger partial charge in [0.25, 0.3) is 0 Å². The van der Waals surface area contributed by atoms with E-state index in [1.807, 2.05) is 20.1 Å². The van der Waals surface area contributed by atoms with Crippen LogP contribution in [-0.2, 0) is 31.9 Å². The number of hydrogen-bond donors (Lipinski definition) is 0. The summed E-state index contributed by atoms with van der Waals surface area (Å²) in [6.07, 6.45) is 8.53. The molecule has 1 aromatic heterocycles. The van der Waals surface area contributed by atoms with Crippen molar-refractivity contribution >= 4 is 11.9 Å². The quantitative estimate of drug-likeness (QED) is 0.495. The van der Waals surface area contributed by atoms with Crippen molar-refractivity contribution in [3.8, 4) is 0 Å². The predicted molar refractivity (Wildman–Crippen MR) is 115 cm³/mol. The molecule has 1 aromatic rings. The second-order valence-corrected chi connectivity index (χ2v) is 9.07. The molecule has 1 fully saturated rings. The van der Waals surface area contributed by atoms with Gasteiger partial charge in [-0.05, 0) is 76.3 Å². The molecule has 0 unspecified atom stereocenters. The normalized spacial score (nSPS) is 29.1. The molecular weight excluding hydrogens is 380 g/mol. The van der Waals surface area contributed by atoms with Gasteiger partial charge < -0.3 is 13.9 Å². The molecule has 3 rings (SSSR count). The smallest absolute Gasteiger partial charge is 0.333 e. The van der Waals surface area contributed by atoms with E-state index < -0.39 is 0 Å². The first kappa shape index (κ1) is 22.4. The molecule has 0 aliphatic heterocycles. The number of aryl methyl sites for hydroxylation is 1. The molecule has 4 atom stereocenters. The summed E-state index contributed by atoms with van der Waals surface area (Å²) in [5, 5.41) is 0. The van der Waals surface area contributed by atoms with Gasteiger partial charge in [0, 0.05) is 23.5 Å². The molecule has 2 aliphatic rings. The number of esters is 2. The monoisotopic (exact) mass is 414 g/mol. The molecule has 1 saturated carbocycles. The van der Waals surface area contributed by atoms with E-state index in [4.69, 9.17) is 13.9 Å². The Labute approximate surface area is 179 Å². The van der Waals surface area contributed by atoms with Crippen LogP contribution >= 0.6 is 0 Å². The van der Waals surface area contributed by atoms with Gasteiger partial charge in [0.05, 0.1) is 12.9 Å². The van der Waals surface area contributed by atoms with Crippen LogP contribution in [0.1, 0.15) is 64.3 Å². The minimum absolute atomic E-state index is 0.0686. The number of furan rings is 1. The van der Waals surface area contributed by atoms with E-state index in [1.54, 1.807) is 26.0 Å². The summed E-state index contributed by atoms with van der Waals surface area (Å²) in [6.45, 7) is 11.8. The van der Waals surface area contributed by atoms with Crippen LogP contribution in [0.5, 0.6) is 0 Å². The first-order valence-corrected chi connectivity index (χ1v) is 10.9. The highest BCUT2D eigenvalue weighted by molar-refractivity contribution is 5.88. The lowest BCUT2D eigenvalue weighted by Gasteiger charge is -2.52. The van der Waals surface area contributed by atoms with Crippen LogP contribution < -0.4 is 0 Å². The molecule has 0 aromatic carbocycles. The molecule has 2 aliphatic carbocycles. The van der Waals surface area contributed by atoms with Crippen molar-refractivity contribution in [2.75, 3.05) is 6.61 Å². The van der Waals surface area contributed by atoms with Gasteiger partial charge in [0.2, 0.25) is 0 Å². The molecule has 5 heteroatoms. The summed E-state index contributed by atoms with van der Waals surface area (Å²) in [6, 6.07) is 0. The van der Waals surface area contributed by atoms with Crippen molar-refractivity contribution in [2.24, 2.45) is 17.3 Å². The van der Waals surface area contributed by atoms with E-state index >= 15 is 0 Å². The number of fused-ring (bicyclic) bond motifs is 2. The maximum Gasteiger partial charge on any atom is 0.333 e. The summed E-state index contributed by atoms with van der Waals surface area (Å²) in [4.78, 5) is 24.9. The first-order chi connectivity index (χ1) is 14.2. The summed E-state index contributed by atoms with van der Waals surface area (Å²) in [7, 11) is 0. The van der Waals surface area contributed by atoms with Crippen LogP contribution in [0.2, 0.25) is 0 Å². The highest BCUT2D eigenvalue weighted by atomic mass is 16.6. The number of allylic oxidation sites excluding steroid dienone is 2. The van der Waals surface area contributed by atoms with Gasteiger partial charge in [0.1, 0.15) is 11.9 Å². The standard InChI is InChI=1S/C25H34O5/c1-7-15(3)23(26)29-14-20-21(30-24(27)16(4)8-2)10-9-18-11-22-19(12-25(18,20)6)17(5)13-28-22/h7-8,13,18,20-21H,9-12,14H2,1-6H3/t18-,20+,21+,25+/m1/s1. The third kappa shape index (κ3) is 4.12. The van der Waals surface area contributed by atoms with Crippen molar-refractivity contribution in [3.63, 3.8) is 0 Å². The summed E-state index contributed by atoms with van der Waals surface area (Å²) >= 11 is 0. The van der Waals surface area contributed by atoms with Gasteiger partial charge in [-0.1, -0.05) is 19.1 Å². The molecule has 1 heterocycles. The first-order valence-electron chi connectivity index (χ1n) is 10.9. The summed E-state index contributed by atoms with van der Waals surface area (Å²) in [5.41, 5.74) is 3.46. The lowest BCUT2D eigenvalue weighted by atomic mass is 9.54. The van der Waals surface area contributed by atoms with E-state index in [2.05, 4.69) is 13.8 Å². The zero-order valence-corrected chi connectivity index (χ0v) is 19.0. The van der Waals surface area contributed by atoms with Crippen LogP contribution in [0, 0.1) is 24.2 Å². The van der Waals surface area contributed by atoms with Crippen LogP contribution in [0.4, 0.5) is 0 Å². The molecule has 30 heavy (non-hydrogen) atoms. The fraction of sp³-hybridized carbons (Fsp3) is 0.600. The Hall–Kier alpha value is -2.30. The largest absolute Gasteiger partial charge is 0.469 e. The average molecular weight is 415 g/mol. The third-order valence-corrected chi connectivity index (χ3v) is 7.37. The van der Waals surface area contributed by atoms with E-state index in [9.17, 15) is 9.59 Å². The van der Waals surface area contributed by atoms with E-state index in [-0.39, 0.29) is 36.0 Å². The molecular formula is C25H34O5. The number of carbonyl (C=O) groups is 2. The molecule has 0 amide bonds. The minimum atomic E-state index is -0.311. The molecule has 164 valence electrons. The Bertz CT molecular complexity index is 874. The SMILES string of the molecule is CC=C(C)C(=O)OC[C@H]1[C@@H](OC(=O)C(C)=CC)CC[C@@H]2Cc3occ(C)c3C[C@@]21C. The average Bonchev–Trinajstić information content (AvgIpc) is 3.08. The Morgan fingerprint density at radius 1 is 1.17 bits per heavy atom. The Kier molecular flexibility index (Phi) is 6.59. The Morgan fingerprint density at radius 3 is 2.50 bits per heavy atom. The van der Waals surface area contributed by atoms with Gasteiger partial charge in [-0.25, -0.2) is 9.59 Å². The van der Waals surface area contributed by atoms with Crippen LogP contribution in [-0.4, -0.2) is 24.6 Å². The second-order valence-electron chi connectivity index (χ2n) is 9.07. The van der Waals surface area contributed by atoms with Crippen molar-refractivity contribution in [1.82, 2.24) is 0 Å². The van der Waals surface area contributed by atoms with Crippen LogP contribution in [0.25, 0.3) is 0 Å².